The van der Waals surface area contributed by atoms with Crippen molar-refractivity contribution in [3.05, 3.63) is 12.2 Å². The van der Waals surface area contributed by atoms with Crippen LogP contribution in [0.3, 0.4) is 0 Å². The Morgan fingerprint density at radius 1 is 1.16 bits per heavy atom. The van der Waals surface area contributed by atoms with Gasteiger partial charge in [0, 0.05) is 24.3 Å². The fourth-order valence-corrected chi connectivity index (χ4v) is 6.25. The number of hydrogen-bond acceptors (Lipinski definition) is 7. The van der Waals surface area contributed by atoms with E-state index in [4.69, 9.17) is 14.2 Å². The average Bonchev–Trinajstić information content (AvgIpc) is 3.57. The van der Waals surface area contributed by atoms with E-state index in [0.29, 0.717) is 19.4 Å². The highest BCUT2D eigenvalue weighted by atomic mass is 19.4. The number of nitrogens with one attached hydrogen (secondary N) is 2. The van der Waals surface area contributed by atoms with Gasteiger partial charge in [0.25, 0.3) is 0 Å². The molecule has 2 saturated heterocycles. The molecule has 2 heterocycles. The number of alkyl halides is 3. The zero-order chi connectivity index (χ0) is 28.0. The molecule has 4 rings (SSSR count). The first kappa shape index (κ1) is 28.2. The molecule has 0 aromatic carbocycles. The number of amides is 3. The first-order valence-electron chi connectivity index (χ1n) is 12.7. The van der Waals surface area contributed by atoms with Crippen molar-refractivity contribution < 1.29 is 46.6 Å². The topological polar surface area (TPSA) is 123 Å². The first-order chi connectivity index (χ1) is 17.7. The van der Waals surface area contributed by atoms with Crippen LogP contribution in [0, 0.1) is 29.6 Å². The molecule has 1 unspecified atom stereocenters. The van der Waals surface area contributed by atoms with Crippen LogP contribution in [0.4, 0.5) is 18.0 Å². The van der Waals surface area contributed by atoms with Gasteiger partial charge < -0.3 is 24.8 Å². The zero-order valence-electron chi connectivity index (χ0n) is 21.7. The number of nitrogens with zero attached hydrogens (tertiary/aromatic N) is 1. The Bertz CT molecular complexity index is 996. The molecule has 8 atom stereocenters. The minimum atomic E-state index is -4.65. The van der Waals surface area contributed by atoms with E-state index in [1.54, 1.807) is 20.8 Å². The van der Waals surface area contributed by atoms with Crippen LogP contribution < -0.4 is 10.6 Å². The van der Waals surface area contributed by atoms with E-state index >= 15 is 0 Å². The van der Waals surface area contributed by atoms with Crippen LogP contribution in [-0.4, -0.2) is 79.1 Å². The molecule has 2 N–H and O–H groups in total. The third-order valence-corrected chi connectivity index (χ3v) is 7.63. The fourth-order valence-electron chi connectivity index (χ4n) is 6.25. The summed E-state index contributed by atoms with van der Waals surface area (Å²) >= 11 is 0. The summed E-state index contributed by atoms with van der Waals surface area (Å²) in [6.45, 7) is 3.66. The molecule has 2 bridgehead atoms. The monoisotopic (exact) mass is 545 g/mol. The second-order valence-electron chi connectivity index (χ2n) is 11.3. The van der Waals surface area contributed by atoms with Crippen LogP contribution in [0.1, 0.15) is 40.0 Å². The van der Waals surface area contributed by atoms with Gasteiger partial charge in [0.15, 0.2) is 0 Å². The molecule has 10 nitrogen and oxygen atoms in total. The van der Waals surface area contributed by atoms with Gasteiger partial charge in [-0.15, -0.1) is 0 Å². The van der Waals surface area contributed by atoms with Crippen molar-refractivity contribution in [2.24, 2.45) is 29.6 Å². The number of halogens is 3. The van der Waals surface area contributed by atoms with Gasteiger partial charge in [0.2, 0.25) is 11.8 Å². The Hall–Kier alpha value is -2.83. The Kier molecular flexibility index (Phi) is 7.70. The van der Waals surface area contributed by atoms with Crippen LogP contribution in [0.2, 0.25) is 0 Å². The van der Waals surface area contributed by atoms with Crippen molar-refractivity contribution in [2.45, 2.75) is 70.1 Å². The molecule has 13 heteroatoms. The number of esters is 1. The number of carbonyl (C=O) groups is 4. The first-order valence-corrected chi connectivity index (χ1v) is 12.7. The van der Waals surface area contributed by atoms with Crippen molar-refractivity contribution in [3.8, 4) is 0 Å². The normalized spacial score (nSPS) is 32.7. The minimum Gasteiger partial charge on any atom is -0.467 e. The predicted octanol–water partition coefficient (Wildman–Crippen LogP) is 2.13. The number of likely N-dealkylation sites (tertiary alicyclic amines) is 1. The number of carbonyl (C=O) groups excluding carboxylic acids is 4. The summed E-state index contributed by atoms with van der Waals surface area (Å²) in [5.74, 6) is -3.72. The molecular formula is C25H34F3N3O7. The number of methoxy groups -OCH3 is 1. The Morgan fingerprint density at radius 3 is 2.37 bits per heavy atom. The van der Waals surface area contributed by atoms with Crippen LogP contribution in [0.25, 0.3) is 0 Å². The number of hydrogen-bond donors (Lipinski definition) is 2. The Labute approximate surface area is 218 Å². The van der Waals surface area contributed by atoms with E-state index in [1.165, 1.54) is 0 Å². The molecular weight excluding hydrogens is 511 g/mol. The zero-order valence-corrected chi connectivity index (χ0v) is 21.7. The number of allylic oxidation sites excluding steroid dienone is 2. The van der Waals surface area contributed by atoms with E-state index in [0.717, 1.165) is 12.0 Å². The molecule has 0 radical (unpaired) electrons. The highest BCUT2D eigenvalue weighted by Gasteiger charge is 2.64. The second kappa shape index (κ2) is 10.4. The third kappa shape index (κ3) is 5.76. The predicted molar refractivity (Wildman–Crippen MR) is 125 cm³/mol. The van der Waals surface area contributed by atoms with E-state index in [9.17, 15) is 32.3 Å². The molecule has 3 fully saturated rings. The highest BCUT2D eigenvalue weighted by Crippen LogP contribution is 2.57. The quantitative estimate of drug-likeness (QED) is 0.371. The lowest BCUT2D eigenvalue weighted by Gasteiger charge is -2.34. The standard InChI is InChI=1S/C25H34F3N3O7/c1-24(2,3)38-23(35)31-18(20(33)30-15(22(34)36-4)10-14-7-8-29-19(14)32)16-12-5-6-13(9-12)17(16)21(31)37-11-25(26,27)28/h5-6,12-18,21H,7-11H2,1-4H3,(H,29,32)(H,30,33)/t12-,13+,14-,15-,16-,17+,18-,21?/m0/s1. The van der Waals surface area contributed by atoms with Gasteiger partial charge in [-0.1, -0.05) is 12.2 Å². The number of ether oxygens (including phenoxy) is 3. The highest BCUT2D eigenvalue weighted by molar-refractivity contribution is 5.91. The van der Waals surface area contributed by atoms with Gasteiger partial charge in [-0.2, -0.15) is 13.2 Å². The van der Waals surface area contributed by atoms with Crippen LogP contribution in [0.5, 0.6) is 0 Å². The smallest absolute Gasteiger partial charge is 0.413 e. The summed E-state index contributed by atoms with van der Waals surface area (Å²) in [4.78, 5) is 52.8. The maximum absolute atomic E-state index is 13.8. The SMILES string of the molecule is COC(=O)[C@H](C[C@@H]1CCNC1=O)NC(=O)[C@@H]1[C@@H]2[C@H](C(OCC(F)(F)F)N1C(=O)OC(C)(C)C)[C@@H]1C=C[C@H]2C1. The number of rotatable bonds is 7. The molecule has 2 aliphatic carbocycles. The van der Waals surface area contributed by atoms with Crippen molar-refractivity contribution in [1.82, 2.24) is 15.5 Å². The summed E-state index contributed by atoms with van der Waals surface area (Å²) in [5, 5.41) is 5.30. The van der Waals surface area contributed by atoms with Gasteiger partial charge in [-0.3, -0.25) is 14.5 Å². The van der Waals surface area contributed by atoms with Crippen LogP contribution >= 0.6 is 0 Å². The van der Waals surface area contributed by atoms with Gasteiger partial charge in [-0.05, 0) is 51.9 Å². The molecule has 4 aliphatic rings. The minimum absolute atomic E-state index is 0.0164. The molecule has 2 aliphatic heterocycles. The lowest BCUT2D eigenvalue weighted by molar-refractivity contribution is -0.205. The lowest BCUT2D eigenvalue weighted by atomic mass is 9.81. The van der Waals surface area contributed by atoms with Crippen molar-refractivity contribution in [2.75, 3.05) is 20.3 Å². The lowest BCUT2D eigenvalue weighted by Crippen LogP contribution is -2.56. The largest absolute Gasteiger partial charge is 0.467 e. The Morgan fingerprint density at radius 2 is 1.82 bits per heavy atom. The molecule has 0 aromatic rings. The van der Waals surface area contributed by atoms with E-state index in [1.807, 2.05) is 12.2 Å². The molecule has 3 amide bonds. The summed E-state index contributed by atoms with van der Waals surface area (Å²) in [5.41, 5.74) is -0.994. The van der Waals surface area contributed by atoms with Gasteiger partial charge in [0.1, 0.15) is 30.5 Å². The molecule has 212 valence electrons. The van der Waals surface area contributed by atoms with Gasteiger partial charge >= 0.3 is 18.2 Å². The van der Waals surface area contributed by atoms with Gasteiger partial charge in [0.05, 0.1) is 7.11 Å². The summed E-state index contributed by atoms with van der Waals surface area (Å²) in [6.07, 6.45) is -2.12. The summed E-state index contributed by atoms with van der Waals surface area (Å²) < 4.78 is 55.2. The number of fused-ring (bicyclic) bond motifs is 5. The maximum Gasteiger partial charge on any atom is 0.413 e. The van der Waals surface area contributed by atoms with Crippen molar-refractivity contribution in [3.63, 3.8) is 0 Å². The summed E-state index contributed by atoms with van der Waals surface area (Å²) in [6, 6.07) is -2.44. The van der Waals surface area contributed by atoms with Crippen molar-refractivity contribution in [1.29, 1.82) is 0 Å². The molecule has 0 spiro atoms. The van der Waals surface area contributed by atoms with E-state index in [-0.39, 0.29) is 24.2 Å². The third-order valence-electron chi connectivity index (χ3n) is 7.63. The molecule has 0 aromatic heterocycles. The van der Waals surface area contributed by atoms with E-state index in [2.05, 4.69) is 10.6 Å². The average molecular weight is 546 g/mol. The van der Waals surface area contributed by atoms with E-state index < -0.39 is 72.4 Å². The second-order valence-corrected chi connectivity index (χ2v) is 11.3. The molecule has 38 heavy (non-hydrogen) atoms. The Balaban J connectivity index is 1.65. The fraction of sp³-hybridized carbons (Fsp3) is 0.760. The van der Waals surface area contributed by atoms with Crippen LogP contribution in [-0.2, 0) is 28.6 Å². The van der Waals surface area contributed by atoms with Crippen molar-refractivity contribution >= 4 is 23.9 Å². The van der Waals surface area contributed by atoms with Crippen LogP contribution in [0.15, 0.2) is 12.2 Å². The maximum atomic E-state index is 13.8. The summed E-state index contributed by atoms with van der Waals surface area (Å²) in [7, 11) is 1.15. The molecule has 1 saturated carbocycles. The van der Waals surface area contributed by atoms with Gasteiger partial charge in [-0.25, -0.2) is 9.59 Å².